The summed E-state index contributed by atoms with van der Waals surface area (Å²) >= 11 is 0. The molecule has 172 valence electrons. The maximum Gasteiger partial charge on any atom is 0.0840 e. The maximum atomic E-state index is 4.16. The van der Waals surface area contributed by atoms with Gasteiger partial charge in [-0.05, 0) is 54.7 Å². The molecule has 1 aromatic rings. The Morgan fingerprint density at radius 1 is 0.625 bits per heavy atom. The van der Waals surface area contributed by atoms with Gasteiger partial charge in [-0.25, -0.2) is 0 Å². The molecule has 1 heterocycles. The van der Waals surface area contributed by atoms with Crippen LogP contribution in [-0.2, 0) is 6.54 Å². The van der Waals surface area contributed by atoms with Crippen LogP contribution in [0.15, 0.2) is 106 Å². The van der Waals surface area contributed by atoms with E-state index < -0.39 is 16.1 Å². The highest BCUT2D eigenvalue weighted by molar-refractivity contribution is 6.84. The number of hydrogen-bond donors (Lipinski definition) is 0. The predicted octanol–water partition coefficient (Wildman–Crippen LogP) is 8.11. The van der Waals surface area contributed by atoms with E-state index >= 15 is 0 Å². The molecule has 0 radical (unpaired) electrons. The third-order valence-electron chi connectivity index (χ3n) is 7.44. The smallest absolute Gasteiger partial charge is 0.0840 e. The summed E-state index contributed by atoms with van der Waals surface area (Å²) in [4.78, 5) is 2.92. The zero-order chi connectivity index (χ0) is 23.5. The first-order chi connectivity index (χ1) is 15.6. The molecule has 1 fully saturated rings. The van der Waals surface area contributed by atoms with E-state index in [0.29, 0.717) is 11.3 Å². The van der Waals surface area contributed by atoms with Crippen LogP contribution >= 0.6 is 0 Å². The lowest BCUT2D eigenvalue weighted by Gasteiger charge is -2.47. The van der Waals surface area contributed by atoms with Crippen molar-refractivity contribution in [3.63, 3.8) is 0 Å². The first-order valence-corrected chi connectivity index (χ1v) is 17.4. The summed E-state index contributed by atoms with van der Waals surface area (Å²) in [7, 11) is -3.50. The second-order valence-corrected chi connectivity index (χ2v) is 18.7. The van der Waals surface area contributed by atoms with Gasteiger partial charge < -0.3 is 0 Å². The van der Waals surface area contributed by atoms with Gasteiger partial charge in [0, 0.05) is 17.9 Å². The number of benzene rings is 1. The van der Waals surface area contributed by atoms with Gasteiger partial charge in [0.1, 0.15) is 0 Å². The molecule has 0 N–H and O–H groups in total. The molecule has 2 rings (SSSR count). The predicted molar refractivity (Wildman–Crippen MR) is 150 cm³/mol. The summed E-state index contributed by atoms with van der Waals surface area (Å²) in [5.41, 5.74) is 2.61. The number of hydrogen-bond acceptors (Lipinski definition) is 1. The first-order valence-electron chi connectivity index (χ1n) is 12.0. The second-order valence-electron chi connectivity index (χ2n) is 9.45. The van der Waals surface area contributed by atoms with Crippen LogP contribution in [0.5, 0.6) is 0 Å². The summed E-state index contributed by atoms with van der Waals surface area (Å²) in [6.45, 7) is 26.0. The standard InChI is InChI=1S/C29H43NSi2/c1-7-20-31(21-8-2,22-9-3)28-18-19-29(30(28)26-27-16-14-13-15-17-27)32(23-10-4,24-11-5)25-12-6/h7-17,28-29H,1-6,18-26H2. The van der Waals surface area contributed by atoms with Gasteiger partial charge in [-0.1, -0.05) is 66.8 Å². The lowest BCUT2D eigenvalue weighted by atomic mass is 10.2. The van der Waals surface area contributed by atoms with E-state index in [9.17, 15) is 0 Å². The van der Waals surface area contributed by atoms with E-state index in [-0.39, 0.29) is 0 Å². The van der Waals surface area contributed by atoms with Crippen molar-refractivity contribution < 1.29 is 0 Å². The summed E-state index contributed by atoms with van der Waals surface area (Å²) in [6, 6.07) is 17.7. The molecule has 0 saturated carbocycles. The van der Waals surface area contributed by atoms with Crippen molar-refractivity contribution in [2.45, 2.75) is 67.0 Å². The molecule has 1 aromatic carbocycles. The molecule has 2 unspecified atom stereocenters. The van der Waals surface area contributed by atoms with E-state index in [2.05, 4.69) is 111 Å². The molecule has 1 nitrogen and oxygen atoms in total. The van der Waals surface area contributed by atoms with Crippen LogP contribution in [0.4, 0.5) is 0 Å². The van der Waals surface area contributed by atoms with Gasteiger partial charge in [0.25, 0.3) is 0 Å². The fourth-order valence-electron chi connectivity index (χ4n) is 6.24. The van der Waals surface area contributed by atoms with Crippen LogP contribution in [0, 0.1) is 0 Å². The molecule has 0 bridgehead atoms. The Morgan fingerprint density at radius 2 is 0.969 bits per heavy atom. The van der Waals surface area contributed by atoms with E-state index in [1.54, 1.807) is 0 Å². The number of allylic oxidation sites excluding steroid dienone is 6. The fraction of sp³-hybridized carbons (Fsp3) is 0.379. The lowest BCUT2D eigenvalue weighted by Crippen LogP contribution is -2.60. The van der Waals surface area contributed by atoms with Crippen molar-refractivity contribution in [1.82, 2.24) is 4.90 Å². The molecule has 1 aliphatic rings. The molecule has 0 spiro atoms. The quantitative estimate of drug-likeness (QED) is 0.177. The molecule has 0 aromatic heterocycles. The van der Waals surface area contributed by atoms with Crippen LogP contribution in [-0.4, -0.2) is 32.4 Å². The van der Waals surface area contributed by atoms with Gasteiger partial charge in [-0.3, -0.25) is 4.90 Å². The zero-order valence-electron chi connectivity index (χ0n) is 20.1. The number of rotatable bonds is 16. The number of likely N-dealkylation sites (tertiary alicyclic amines) is 1. The topological polar surface area (TPSA) is 3.24 Å². The molecule has 3 heteroatoms. The SMILES string of the molecule is C=CC[Si](CC=C)(CC=C)C1CCC([Si](CC=C)(CC=C)CC=C)N1Cc1ccccc1. The first kappa shape index (κ1) is 26.3. The minimum Gasteiger partial charge on any atom is -0.299 e. The van der Waals surface area contributed by atoms with Crippen LogP contribution in [0.25, 0.3) is 0 Å². The van der Waals surface area contributed by atoms with Crippen molar-refractivity contribution in [3.05, 3.63) is 112 Å². The van der Waals surface area contributed by atoms with Crippen LogP contribution in [0.1, 0.15) is 18.4 Å². The van der Waals surface area contributed by atoms with E-state index in [4.69, 9.17) is 0 Å². The van der Waals surface area contributed by atoms with E-state index in [0.717, 1.165) is 42.8 Å². The minimum absolute atomic E-state index is 0.605. The van der Waals surface area contributed by atoms with Crippen molar-refractivity contribution in [3.8, 4) is 0 Å². The molecule has 1 saturated heterocycles. The van der Waals surface area contributed by atoms with Crippen LogP contribution in [0.3, 0.4) is 0 Å². The molecule has 1 aliphatic heterocycles. The Labute approximate surface area is 199 Å². The van der Waals surface area contributed by atoms with Crippen molar-refractivity contribution >= 4 is 16.1 Å². The van der Waals surface area contributed by atoms with Crippen LogP contribution < -0.4 is 0 Å². The van der Waals surface area contributed by atoms with Gasteiger partial charge in [-0.15, -0.1) is 39.5 Å². The zero-order valence-corrected chi connectivity index (χ0v) is 22.1. The molecule has 0 amide bonds. The van der Waals surface area contributed by atoms with Gasteiger partial charge in [0.05, 0.1) is 16.1 Å². The summed E-state index contributed by atoms with van der Waals surface area (Å²) in [5.74, 6) is 0. The Hall–Kier alpha value is -1.95. The molecular formula is C29H43NSi2. The lowest BCUT2D eigenvalue weighted by molar-refractivity contribution is 0.261. The highest BCUT2D eigenvalue weighted by atomic mass is 28.3. The highest BCUT2D eigenvalue weighted by Crippen LogP contribution is 2.44. The molecular weight excluding hydrogens is 418 g/mol. The van der Waals surface area contributed by atoms with Crippen molar-refractivity contribution in [1.29, 1.82) is 0 Å². The highest BCUT2D eigenvalue weighted by Gasteiger charge is 2.52. The van der Waals surface area contributed by atoms with Crippen LogP contribution in [0.2, 0.25) is 36.3 Å². The maximum absolute atomic E-state index is 4.16. The number of nitrogens with zero attached hydrogens (tertiary/aromatic N) is 1. The van der Waals surface area contributed by atoms with Gasteiger partial charge in [0.15, 0.2) is 0 Å². The van der Waals surface area contributed by atoms with Gasteiger partial charge in [-0.2, -0.15) is 0 Å². The average Bonchev–Trinajstić information content (AvgIpc) is 3.20. The fourth-order valence-corrected chi connectivity index (χ4v) is 16.0. The van der Waals surface area contributed by atoms with Crippen molar-refractivity contribution in [2.24, 2.45) is 0 Å². The van der Waals surface area contributed by atoms with E-state index in [1.807, 2.05) is 0 Å². The van der Waals surface area contributed by atoms with E-state index in [1.165, 1.54) is 18.4 Å². The molecule has 0 aliphatic carbocycles. The molecule has 32 heavy (non-hydrogen) atoms. The Balaban J connectivity index is 2.60. The molecule has 2 atom stereocenters. The summed E-state index contributed by atoms with van der Waals surface area (Å²) in [5, 5.41) is 0. The van der Waals surface area contributed by atoms with Gasteiger partial charge >= 0.3 is 0 Å². The third kappa shape index (κ3) is 5.89. The summed E-state index contributed by atoms with van der Waals surface area (Å²) < 4.78 is 0. The Morgan fingerprint density at radius 3 is 1.28 bits per heavy atom. The van der Waals surface area contributed by atoms with Crippen molar-refractivity contribution in [2.75, 3.05) is 0 Å². The normalized spacial score (nSPS) is 19.2. The summed E-state index contributed by atoms with van der Waals surface area (Å²) in [6.07, 6.45) is 15.5. The third-order valence-corrected chi connectivity index (χ3v) is 18.1. The van der Waals surface area contributed by atoms with Gasteiger partial charge in [0.2, 0.25) is 0 Å². The monoisotopic (exact) mass is 461 g/mol. The Kier molecular flexibility index (Phi) is 10.6. The second kappa shape index (κ2) is 12.9. The Bertz CT molecular complexity index is 683. The largest absolute Gasteiger partial charge is 0.299 e. The average molecular weight is 462 g/mol. The minimum atomic E-state index is -1.75.